The average molecular weight is 396 g/mol. The summed E-state index contributed by atoms with van der Waals surface area (Å²) < 4.78 is 38.7. The molecule has 1 fully saturated rings. The molecule has 0 radical (unpaired) electrons. The summed E-state index contributed by atoms with van der Waals surface area (Å²) in [6.45, 7) is 6.65. The number of furan rings is 1. The third kappa shape index (κ3) is 5.21. The molecule has 7 nitrogen and oxygen atoms in total. The highest BCUT2D eigenvalue weighted by Crippen LogP contribution is 2.21. The first-order valence-corrected chi connectivity index (χ1v) is 11.1. The molecular formula is C19H29N3O4S. The van der Waals surface area contributed by atoms with E-state index in [0.717, 1.165) is 24.3 Å². The molecule has 150 valence electrons. The van der Waals surface area contributed by atoms with Crippen molar-refractivity contribution in [3.8, 4) is 0 Å². The van der Waals surface area contributed by atoms with E-state index in [9.17, 15) is 8.42 Å². The van der Waals surface area contributed by atoms with Crippen LogP contribution in [-0.4, -0.2) is 48.4 Å². The van der Waals surface area contributed by atoms with Gasteiger partial charge in [0.25, 0.3) is 0 Å². The zero-order valence-electron chi connectivity index (χ0n) is 16.3. The Kier molecular flexibility index (Phi) is 6.39. The standard InChI is InChI=1S/C19H29N3O4S/c1-15(2)11-22-16(12-21(3)13-17-6-4-8-25-17)10-20-19(22)27(23,24)14-18-7-5-9-26-18/h4,6,8,10,15,18H,5,7,9,11-14H2,1-3H3/t18-/m1/s1. The van der Waals surface area contributed by atoms with Gasteiger partial charge in [0.15, 0.2) is 0 Å². The van der Waals surface area contributed by atoms with Gasteiger partial charge in [-0.3, -0.25) is 4.90 Å². The molecule has 27 heavy (non-hydrogen) atoms. The van der Waals surface area contributed by atoms with Crippen LogP contribution in [0, 0.1) is 5.92 Å². The summed E-state index contributed by atoms with van der Waals surface area (Å²) in [5.74, 6) is 1.19. The summed E-state index contributed by atoms with van der Waals surface area (Å²) in [4.78, 5) is 6.39. The highest BCUT2D eigenvalue weighted by atomic mass is 32.2. The Hall–Kier alpha value is -1.64. The van der Waals surface area contributed by atoms with Crippen molar-refractivity contribution in [3.63, 3.8) is 0 Å². The molecule has 1 aliphatic heterocycles. The number of imidazole rings is 1. The number of sulfone groups is 1. The SMILES string of the molecule is CC(C)Cn1c(CN(C)Cc2ccco2)cnc1S(=O)(=O)C[C@H]1CCCO1. The average Bonchev–Trinajstić information content (AvgIpc) is 3.31. The number of ether oxygens (including phenoxy) is 1. The molecule has 0 amide bonds. The van der Waals surface area contributed by atoms with Gasteiger partial charge in [0.05, 0.1) is 36.6 Å². The second-order valence-electron chi connectivity index (χ2n) is 7.70. The van der Waals surface area contributed by atoms with Gasteiger partial charge in [0, 0.05) is 19.7 Å². The van der Waals surface area contributed by atoms with Crippen LogP contribution in [-0.2, 0) is 34.2 Å². The number of hydrogen-bond acceptors (Lipinski definition) is 6. The van der Waals surface area contributed by atoms with Gasteiger partial charge in [-0.25, -0.2) is 13.4 Å². The highest BCUT2D eigenvalue weighted by Gasteiger charge is 2.29. The fraction of sp³-hybridized carbons (Fsp3) is 0.632. The van der Waals surface area contributed by atoms with Gasteiger partial charge in [-0.2, -0.15) is 0 Å². The van der Waals surface area contributed by atoms with Gasteiger partial charge in [0.1, 0.15) is 5.76 Å². The third-order valence-corrected chi connectivity index (χ3v) is 6.29. The van der Waals surface area contributed by atoms with Crippen LogP contribution >= 0.6 is 0 Å². The van der Waals surface area contributed by atoms with Crippen molar-refractivity contribution < 1.29 is 17.6 Å². The van der Waals surface area contributed by atoms with Crippen LogP contribution in [0.5, 0.6) is 0 Å². The maximum absolute atomic E-state index is 13.0. The van der Waals surface area contributed by atoms with Crippen LogP contribution in [0.3, 0.4) is 0 Å². The van der Waals surface area contributed by atoms with E-state index >= 15 is 0 Å². The summed E-state index contributed by atoms with van der Waals surface area (Å²) >= 11 is 0. The summed E-state index contributed by atoms with van der Waals surface area (Å²) in [5, 5.41) is 0.160. The van der Waals surface area contributed by atoms with Crippen LogP contribution in [0.2, 0.25) is 0 Å². The molecule has 1 atom stereocenters. The first kappa shape index (κ1) is 20.1. The molecule has 0 bridgehead atoms. The van der Waals surface area contributed by atoms with E-state index in [1.807, 2.05) is 23.7 Å². The number of hydrogen-bond donors (Lipinski definition) is 0. The molecule has 0 N–H and O–H groups in total. The topological polar surface area (TPSA) is 77.6 Å². The lowest BCUT2D eigenvalue weighted by Gasteiger charge is -2.19. The van der Waals surface area contributed by atoms with Crippen LogP contribution in [0.15, 0.2) is 34.2 Å². The number of rotatable bonds is 9. The zero-order chi connectivity index (χ0) is 19.4. The van der Waals surface area contributed by atoms with E-state index < -0.39 is 9.84 Å². The molecule has 0 unspecified atom stereocenters. The monoisotopic (exact) mass is 395 g/mol. The lowest BCUT2D eigenvalue weighted by molar-refractivity contribution is 0.127. The Bertz CT molecular complexity index is 821. The van der Waals surface area contributed by atoms with Crippen LogP contribution in [0.25, 0.3) is 0 Å². The van der Waals surface area contributed by atoms with Crippen molar-refractivity contribution in [2.45, 2.75) is 57.6 Å². The van der Waals surface area contributed by atoms with Crippen LogP contribution in [0.4, 0.5) is 0 Å². The van der Waals surface area contributed by atoms with Crippen molar-refractivity contribution >= 4 is 9.84 Å². The van der Waals surface area contributed by atoms with E-state index in [4.69, 9.17) is 9.15 Å². The van der Waals surface area contributed by atoms with Crippen molar-refractivity contribution in [2.75, 3.05) is 19.4 Å². The predicted octanol–water partition coefficient (Wildman–Crippen LogP) is 2.72. The van der Waals surface area contributed by atoms with Gasteiger partial charge >= 0.3 is 0 Å². The van der Waals surface area contributed by atoms with Gasteiger partial charge in [-0.15, -0.1) is 0 Å². The second kappa shape index (κ2) is 8.58. The highest BCUT2D eigenvalue weighted by molar-refractivity contribution is 7.91. The van der Waals surface area contributed by atoms with Gasteiger partial charge < -0.3 is 13.7 Å². The molecule has 2 aromatic rings. The lowest BCUT2D eigenvalue weighted by Crippen LogP contribution is -2.25. The van der Waals surface area contributed by atoms with Gasteiger partial charge in [0.2, 0.25) is 15.0 Å². The molecular weight excluding hydrogens is 366 g/mol. The smallest absolute Gasteiger partial charge is 0.227 e. The first-order chi connectivity index (χ1) is 12.8. The summed E-state index contributed by atoms with van der Waals surface area (Å²) in [5.41, 5.74) is 0.892. The Balaban J connectivity index is 1.79. The number of aromatic nitrogens is 2. The molecule has 0 saturated carbocycles. The fourth-order valence-electron chi connectivity index (χ4n) is 3.42. The largest absolute Gasteiger partial charge is 0.468 e. The van der Waals surface area contributed by atoms with Crippen molar-refractivity contribution in [2.24, 2.45) is 5.92 Å². The molecule has 0 spiro atoms. The zero-order valence-corrected chi connectivity index (χ0v) is 17.1. The molecule has 0 aromatic carbocycles. The number of nitrogens with zero attached hydrogens (tertiary/aromatic N) is 3. The van der Waals surface area contributed by atoms with Crippen molar-refractivity contribution in [1.29, 1.82) is 0 Å². The molecule has 3 rings (SSSR count). The molecule has 2 aromatic heterocycles. The Morgan fingerprint density at radius 3 is 2.81 bits per heavy atom. The lowest BCUT2D eigenvalue weighted by atomic mass is 10.2. The molecule has 1 saturated heterocycles. The van der Waals surface area contributed by atoms with E-state index in [1.54, 1.807) is 12.5 Å². The molecule has 3 heterocycles. The van der Waals surface area contributed by atoms with E-state index in [0.29, 0.717) is 32.2 Å². The van der Waals surface area contributed by atoms with Crippen LogP contribution in [0.1, 0.15) is 38.1 Å². The minimum atomic E-state index is -3.50. The van der Waals surface area contributed by atoms with Gasteiger partial charge in [-0.05, 0) is 37.9 Å². The minimum Gasteiger partial charge on any atom is -0.468 e. The van der Waals surface area contributed by atoms with E-state index in [1.165, 1.54) is 0 Å². The first-order valence-electron chi connectivity index (χ1n) is 9.45. The van der Waals surface area contributed by atoms with E-state index in [-0.39, 0.29) is 17.0 Å². The molecule has 0 aliphatic carbocycles. The molecule has 1 aliphatic rings. The Morgan fingerprint density at radius 2 is 2.19 bits per heavy atom. The Morgan fingerprint density at radius 1 is 1.37 bits per heavy atom. The maximum atomic E-state index is 13.0. The van der Waals surface area contributed by atoms with Crippen molar-refractivity contribution in [3.05, 3.63) is 36.0 Å². The fourth-order valence-corrected chi connectivity index (χ4v) is 5.07. The quantitative estimate of drug-likeness (QED) is 0.650. The van der Waals surface area contributed by atoms with Gasteiger partial charge in [-0.1, -0.05) is 13.8 Å². The summed E-state index contributed by atoms with van der Waals surface area (Å²) in [7, 11) is -1.51. The normalized spacial score (nSPS) is 18.0. The summed E-state index contributed by atoms with van der Waals surface area (Å²) in [6.07, 6.45) is 4.83. The Labute approximate surface area is 161 Å². The second-order valence-corrected chi connectivity index (χ2v) is 9.63. The summed E-state index contributed by atoms with van der Waals surface area (Å²) in [6, 6.07) is 3.79. The maximum Gasteiger partial charge on any atom is 0.227 e. The van der Waals surface area contributed by atoms with Crippen molar-refractivity contribution in [1.82, 2.24) is 14.5 Å². The predicted molar refractivity (Wildman–Crippen MR) is 102 cm³/mol. The molecule has 8 heteroatoms. The van der Waals surface area contributed by atoms with Crippen LogP contribution < -0.4 is 0 Å². The van der Waals surface area contributed by atoms with E-state index in [2.05, 4.69) is 23.7 Å². The third-order valence-electron chi connectivity index (χ3n) is 4.59. The minimum absolute atomic E-state index is 0.00375.